The van der Waals surface area contributed by atoms with Gasteiger partial charge in [-0.05, 0) is 67.4 Å². The molecular formula is C28H26N4O3. The highest BCUT2D eigenvalue weighted by Crippen LogP contribution is 2.45. The Morgan fingerprint density at radius 3 is 2.43 bits per heavy atom. The molecule has 7 rings (SSSR count). The number of ether oxygens (including phenoxy) is 1. The number of rotatable bonds is 4. The van der Waals surface area contributed by atoms with Gasteiger partial charge in [0.1, 0.15) is 17.0 Å². The van der Waals surface area contributed by atoms with E-state index in [1.807, 2.05) is 38.1 Å². The summed E-state index contributed by atoms with van der Waals surface area (Å²) >= 11 is 0. The minimum absolute atomic E-state index is 0.126. The Balaban J connectivity index is 1.17. The highest BCUT2D eigenvalue weighted by Gasteiger charge is 2.49. The van der Waals surface area contributed by atoms with Gasteiger partial charge in [0.15, 0.2) is 0 Å². The highest BCUT2D eigenvalue weighted by atomic mass is 16.5. The molecule has 5 aromatic rings. The second-order valence-corrected chi connectivity index (χ2v) is 10.2. The summed E-state index contributed by atoms with van der Waals surface area (Å²) in [7, 11) is 0. The van der Waals surface area contributed by atoms with Crippen molar-refractivity contribution in [1.29, 1.82) is 0 Å². The number of nitrogens with two attached hydrogens (primary N) is 1. The Morgan fingerprint density at radius 1 is 1.03 bits per heavy atom. The van der Waals surface area contributed by atoms with Crippen LogP contribution in [0.2, 0.25) is 0 Å². The summed E-state index contributed by atoms with van der Waals surface area (Å²) in [5.41, 5.74) is 12.6. The molecule has 1 spiro atoms. The number of carbonyl (C=O) groups excluding carboxylic acids is 1. The zero-order chi connectivity index (χ0) is 23.9. The van der Waals surface area contributed by atoms with E-state index in [1.54, 1.807) is 0 Å². The molecule has 0 aliphatic carbocycles. The molecule has 7 nitrogen and oxygen atoms in total. The number of nitrogen functional groups attached to an aromatic ring is 1. The summed E-state index contributed by atoms with van der Waals surface area (Å²) in [4.78, 5) is 19.7. The summed E-state index contributed by atoms with van der Waals surface area (Å²) in [6.45, 7) is 8.17. The minimum atomic E-state index is -0.126. The topological polar surface area (TPSA) is 93.6 Å². The van der Waals surface area contributed by atoms with E-state index in [9.17, 15) is 4.79 Å². The van der Waals surface area contributed by atoms with Gasteiger partial charge in [-0.15, -0.1) is 0 Å². The lowest BCUT2D eigenvalue weighted by Gasteiger charge is -2.56. The largest absolute Gasteiger partial charge is 0.455 e. The number of nitrogens with one attached hydrogen (secondary N) is 1. The van der Waals surface area contributed by atoms with Crippen LogP contribution < -0.4 is 16.0 Å². The van der Waals surface area contributed by atoms with Crippen LogP contribution in [0.4, 0.5) is 11.5 Å². The van der Waals surface area contributed by atoms with Crippen LogP contribution in [0, 0.1) is 19.3 Å². The number of aryl methyl sites for hydroxylation is 2. The van der Waals surface area contributed by atoms with E-state index in [2.05, 4.69) is 33.4 Å². The van der Waals surface area contributed by atoms with Crippen LogP contribution in [0.5, 0.6) is 0 Å². The second kappa shape index (κ2) is 7.09. The Morgan fingerprint density at radius 2 is 1.74 bits per heavy atom. The van der Waals surface area contributed by atoms with Crippen LogP contribution in [0.3, 0.4) is 0 Å². The number of fused-ring (bicyclic) bond motifs is 8. The van der Waals surface area contributed by atoms with Crippen LogP contribution >= 0.6 is 0 Å². The molecule has 2 aliphatic heterocycles. The first kappa shape index (κ1) is 20.5. The molecule has 0 saturated carbocycles. The third kappa shape index (κ3) is 3.01. The average molecular weight is 467 g/mol. The number of anilines is 2. The van der Waals surface area contributed by atoms with Crippen LogP contribution in [0.1, 0.15) is 27.2 Å². The summed E-state index contributed by atoms with van der Waals surface area (Å²) in [5, 5.41) is 7.28. The van der Waals surface area contributed by atoms with Gasteiger partial charge in [0.2, 0.25) is 0 Å². The molecule has 1 amide bonds. The molecule has 7 heteroatoms. The first-order valence-electron chi connectivity index (χ1n) is 12.0. The van der Waals surface area contributed by atoms with Gasteiger partial charge in [0, 0.05) is 58.1 Å². The predicted molar refractivity (Wildman–Crippen MR) is 137 cm³/mol. The molecule has 5 heterocycles. The lowest BCUT2D eigenvalue weighted by Crippen LogP contribution is -2.66. The minimum Gasteiger partial charge on any atom is -0.455 e. The Kier molecular flexibility index (Phi) is 4.16. The molecule has 3 aromatic heterocycles. The van der Waals surface area contributed by atoms with Gasteiger partial charge < -0.3 is 25.1 Å². The van der Waals surface area contributed by atoms with E-state index in [1.165, 1.54) is 5.69 Å². The highest BCUT2D eigenvalue weighted by molar-refractivity contribution is 6.26. The van der Waals surface area contributed by atoms with Crippen molar-refractivity contribution >= 4 is 50.1 Å². The van der Waals surface area contributed by atoms with Crippen LogP contribution in [0.25, 0.3) is 32.7 Å². The van der Waals surface area contributed by atoms with Crippen molar-refractivity contribution in [3.63, 3.8) is 0 Å². The summed E-state index contributed by atoms with van der Waals surface area (Å²) in [6.07, 6.45) is 0. The molecule has 3 N–H and O–H groups in total. The van der Waals surface area contributed by atoms with Crippen molar-refractivity contribution in [2.75, 3.05) is 36.9 Å². The quantitative estimate of drug-likeness (QED) is 0.378. The molecule has 35 heavy (non-hydrogen) atoms. The number of carbonyl (C=O) groups is 1. The van der Waals surface area contributed by atoms with Crippen LogP contribution in [-0.4, -0.2) is 37.2 Å². The zero-order valence-corrected chi connectivity index (χ0v) is 19.8. The molecule has 0 radical (unpaired) electrons. The number of benzene rings is 3. The number of aromatic nitrogens is 1. The standard InChI is InChI=1S/C28H26N4O3/c1-15-7-24(29)31-16(2)23(15)10-30-27(33)17-3-5-19-21(8-17)25-20-6-4-18(9-22(20)26(19)35-25)32-11-28(12-32)13-34-14-28/h3-9H,10-14H2,1-2H3,(H2,29,31)(H,30,33). The molecular weight excluding hydrogens is 440 g/mol. The second-order valence-electron chi connectivity index (χ2n) is 10.2. The van der Waals surface area contributed by atoms with E-state index >= 15 is 0 Å². The number of hydrogen-bond acceptors (Lipinski definition) is 6. The number of furan rings is 2. The summed E-state index contributed by atoms with van der Waals surface area (Å²) < 4.78 is 11.6. The lowest BCUT2D eigenvalue weighted by atomic mass is 9.77. The molecule has 2 fully saturated rings. The lowest BCUT2D eigenvalue weighted by molar-refractivity contribution is -0.127. The molecule has 0 atom stereocenters. The average Bonchev–Trinajstić information content (AvgIpc) is 3.33. The molecule has 0 unspecified atom stereocenters. The number of pyridine rings is 1. The van der Waals surface area contributed by atoms with Crippen LogP contribution in [0.15, 0.2) is 46.9 Å². The van der Waals surface area contributed by atoms with Crippen LogP contribution in [-0.2, 0) is 11.3 Å². The zero-order valence-electron chi connectivity index (χ0n) is 19.8. The Bertz CT molecular complexity index is 1620. The summed E-state index contributed by atoms with van der Waals surface area (Å²) in [6, 6.07) is 14.2. The number of nitrogens with zero attached hydrogens (tertiary/aromatic N) is 2. The van der Waals surface area contributed by atoms with Gasteiger partial charge in [0.05, 0.1) is 18.6 Å². The molecule has 2 bridgehead atoms. The molecule has 2 aliphatic rings. The van der Waals surface area contributed by atoms with Gasteiger partial charge in [-0.1, -0.05) is 0 Å². The third-order valence-corrected chi connectivity index (χ3v) is 7.70. The molecule has 176 valence electrons. The van der Waals surface area contributed by atoms with Crippen molar-refractivity contribution < 1.29 is 13.9 Å². The maximum atomic E-state index is 13.0. The van der Waals surface area contributed by atoms with E-state index in [-0.39, 0.29) is 5.91 Å². The maximum absolute atomic E-state index is 13.0. The van der Waals surface area contributed by atoms with Gasteiger partial charge in [-0.25, -0.2) is 4.98 Å². The van der Waals surface area contributed by atoms with Gasteiger partial charge >= 0.3 is 0 Å². The smallest absolute Gasteiger partial charge is 0.251 e. The van der Waals surface area contributed by atoms with E-state index in [4.69, 9.17) is 14.9 Å². The van der Waals surface area contributed by atoms with Gasteiger partial charge in [-0.3, -0.25) is 4.79 Å². The van der Waals surface area contributed by atoms with Gasteiger partial charge in [0.25, 0.3) is 5.91 Å². The summed E-state index contributed by atoms with van der Waals surface area (Å²) in [5.74, 6) is 0.367. The van der Waals surface area contributed by atoms with E-state index in [0.717, 1.165) is 75.8 Å². The molecule has 2 saturated heterocycles. The third-order valence-electron chi connectivity index (χ3n) is 7.70. The SMILES string of the molecule is Cc1cc(N)nc(C)c1CNC(=O)c1ccc2c(c1)c1oc2c2cc(N3CC4(COC4)C3)ccc21. The number of amides is 1. The fourth-order valence-corrected chi connectivity index (χ4v) is 5.74. The van der Waals surface area contributed by atoms with Crippen molar-refractivity contribution in [2.24, 2.45) is 5.41 Å². The van der Waals surface area contributed by atoms with Gasteiger partial charge in [-0.2, -0.15) is 0 Å². The predicted octanol–water partition coefficient (Wildman–Crippen LogP) is 4.54. The van der Waals surface area contributed by atoms with E-state index < -0.39 is 0 Å². The monoisotopic (exact) mass is 466 g/mol. The molecule has 2 aromatic carbocycles. The fourth-order valence-electron chi connectivity index (χ4n) is 5.74. The first-order valence-corrected chi connectivity index (χ1v) is 12.0. The van der Waals surface area contributed by atoms with Crippen molar-refractivity contribution in [3.8, 4) is 0 Å². The maximum Gasteiger partial charge on any atom is 0.251 e. The Hall–Kier alpha value is -3.84. The fraction of sp³-hybridized carbons (Fsp3) is 0.286. The normalized spacial score (nSPS) is 16.8. The Labute approximate surface area is 202 Å². The van der Waals surface area contributed by atoms with Crippen molar-refractivity contribution in [1.82, 2.24) is 10.3 Å². The number of hydrogen-bond donors (Lipinski definition) is 2. The van der Waals surface area contributed by atoms with Crippen molar-refractivity contribution in [3.05, 3.63) is 64.8 Å². The van der Waals surface area contributed by atoms with Crippen molar-refractivity contribution in [2.45, 2.75) is 20.4 Å². The first-order chi connectivity index (χ1) is 16.9. The van der Waals surface area contributed by atoms with E-state index in [0.29, 0.717) is 23.3 Å².